The lowest BCUT2D eigenvalue weighted by Gasteiger charge is -2.00. The average molecular weight is 362 g/mol. The number of halogens is 3. The molecule has 0 unspecified atom stereocenters. The van der Waals surface area contributed by atoms with Gasteiger partial charge >= 0.3 is 0 Å². The van der Waals surface area contributed by atoms with Crippen molar-refractivity contribution in [1.82, 2.24) is 9.38 Å². The summed E-state index contributed by atoms with van der Waals surface area (Å²) in [7, 11) is 0. The van der Waals surface area contributed by atoms with Crippen molar-refractivity contribution in [3.63, 3.8) is 0 Å². The van der Waals surface area contributed by atoms with Gasteiger partial charge in [-0.15, -0.1) is 11.3 Å². The van der Waals surface area contributed by atoms with Crippen LogP contribution in [0.25, 0.3) is 16.2 Å². The standard InChI is InChI=1S/C11H5F2IN2S/c12-6-1-2-7(8(13)5-6)9-10(14)16-3-4-17-11(16)15-9/h1-5H. The van der Waals surface area contributed by atoms with Crippen LogP contribution < -0.4 is 0 Å². The lowest BCUT2D eigenvalue weighted by molar-refractivity contribution is 0.585. The molecule has 3 rings (SSSR count). The largest absolute Gasteiger partial charge is 0.285 e. The minimum absolute atomic E-state index is 0.326. The zero-order valence-corrected chi connectivity index (χ0v) is 11.3. The summed E-state index contributed by atoms with van der Waals surface area (Å²) in [6.45, 7) is 0. The zero-order chi connectivity index (χ0) is 12.0. The van der Waals surface area contributed by atoms with Gasteiger partial charge in [0.15, 0.2) is 4.96 Å². The minimum Gasteiger partial charge on any atom is -0.285 e. The fraction of sp³-hybridized carbons (Fsp3) is 0. The first kappa shape index (κ1) is 11.1. The van der Waals surface area contributed by atoms with Gasteiger partial charge in [-0.05, 0) is 34.7 Å². The normalized spacial score (nSPS) is 11.2. The van der Waals surface area contributed by atoms with E-state index >= 15 is 0 Å². The third kappa shape index (κ3) is 1.75. The summed E-state index contributed by atoms with van der Waals surface area (Å²) in [5, 5.41) is 1.91. The molecule has 0 atom stereocenters. The van der Waals surface area contributed by atoms with Crippen molar-refractivity contribution >= 4 is 38.9 Å². The van der Waals surface area contributed by atoms with E-state index in [1.165, 1.54) is 23.5 Å². The minimum atomic E-state index is -0.589. The van der Waals surface area contributed by atoms with Gasteiger partial charge in [0, 0.05) is 23.2 Å². The lowest BCUT2D eigenvalue weighted by atomic mass is 10.1. The number of nitrogens with zero attached hydrogens (tertiary/aromatic N) is 2. The van der Waals surface area contributed by atoms with Crippen molar-refractivity contribution in [2.75, 3.05) is 0 Å². The molecule has 0 aliphatic rings. The molecule has 0 aliphatic carbocycles. The molecule has 0 saturated heterocycles. The van der Waals surface area contributed by atoms with Crippen molar-refractivity contribution in [3.8, 4) is 11.3 Å². The summed E-state index contributed by atoms with van der Waals surface area (Å²) in [4.78, 5) is 5.14. The summed E-state index contributed by atoms with van der Waals surface area (Å²) in [5.74, 6) is -1.17. The molecule has 17 heavy (non-hydrogen) atoms. The predicted molar refractivity (Wildman–Crippen MR) is 71.1 cm³/mol. The van der Waals surface area contributed by atoms with Gasteiger partial charge in [-0.2, -0.15) is 0 Å². The molecule has 0 saturated carbocycles. The van der Waals surface area contributed by atoms with Crippen LogP contribution in [0.2, 0.25) is 0 Å². The fourth-order valence-electron chi connectivity index (χ4n) is 1.61. The number of hydrogen-bond donors (Lipinski definition) is 0. The van der Waals surface area contributed by atoms with E-state index in [0.29, 0.717) is 11.3 Å². The van der Waals surface area contributed by atoms with Crippen molar-refractivity contribution in [3.05, 3.63) is 45.1 Å². The number of imidazole rings is 1. The van der Waals surface area contributed by atoms with Crippen LogP contribution in [0.3, 0.4) is 0 Å². The number of fused-ring (bicyclic) bond motifs is 1. The second-order valence-corrected chi connectivity index (χ2v) is 5.33. The Bertz CT molecular complexity index is 705. The maximum atomic E-state index is 13.7. The Hall–Kier alpha value is -1.02. The van der Waals surface area contributed by atoms with Gasteiger partial charge < -0.3 is 0 Å². The Kier molecular flexibility index (Phi) is 2.62. The molecule has 0 N–H and O–H groups in total. The van der Waals surface area contributed by atoms with Crippen LogP contribution in [-0.4, -0.2) is 9.38 Å². The molecular weight excluding hydrogens is 357 g/mol. The predicted octanol–water partition coefficient (Wildman–Crippen LogP) is 3.95. The fourth-order valence-corrected chi connectivity index (χ4v) is 3.29. The summed E-state index contributed by atoms with van der Waals surface area (Å²) in [6.07, 6.45) is 1.87. The Balaban J connectivity index is 2.26. The van der Waals surface area contributed by atoms with Crippen LogP contribution in [0.1, 0.15) is 0 Å². The summed E-state index contributed by atoms with van der Waals surface area (Å²) in [5.41, 5.74) is 0.877. The molecule has 86 valence electrons. The van der Waals surface area contributed by atoms with E-state index in [2.05, 4.69) is 27.6 Å². The van der Waals surface area contributed by atoms with Crippen LogP contribution in [0.4, 0.5) is 8.78 Å². The molecule has 0 spiro atoms. The highest BCUT2D eigenvalue weighted by atomic mass is 127. The highest BCUT2D eigenvalue weighted by Gasteiger charge is 2.16. The van der Waals surface area contributed by atoms with Gasteiger partial charge in [0.25, 0.3) is 0 Å². The van der Waals surface area contributed by atoms with E-state index in [9.17, 15) is 8.78 Å². The Labute approximate surface area is 113 Å². The Morgan fingerprint density at radius 2 is 2.12 bits per heavy atom. The molecule has 2 heterocycles. The first-order valence-electron chi connectivity index (χ1n) is 4.73. The molecule has 0 bridgehead atoms. The van der Waals surface area contributed by atoms with Gasteiger partial charge in [-0.3, -0.25) is 4.40 Å². The lowest BCUT2D eigenvalue weighted by Crippen LogP contribution is -1.89. The van der Waals surface area contributed by atoms with Crippen molar-refractivity contribution in [1.29, 1.82) is 0 Å². The van der Waals surface area contributed by atoms with Gasteiger partial charge in [0.05, 0.1) is 0 Å². The monoisotopic (exact) mass is 362 g/mol. The van der Waals surface area contributed by atoms with Gasteiger partial charge in [-0.1, -0.05) is 0 Å². The third-order valence-electron chi connectivity index (χ3n) is 2.39. The average Bonchev–Trinajstić information content (AvgIpc) is 2.83. The first-order valence-corrected chi connectivity index (χ1v) is 6.69. The van der Waals surface area contributed by atoms with Crippen LogP contribution in [0, 0.1) is 15.3 Å². The van der Waals surface area contributed by atoms with E-state index in [1.807, 2.05) is 16.0 Å². The maximum Gasteiger partial charge on any atom is 0.195 e. The first-order chi connectivity index (χ1) is 8.16. The smallest absolute Gasteiger partial charge is 0.195 e. The molecule has 0 radical (unpaired) electrons. The number of rotatable bonds is 1. The number of aromatic nitrogens is 2. The van der Waals surface area contributed by atoms with E-state index in [4.69, 9.17) is 0 Å². The second kappa shape index (κ2) is 4.02. The highest BCUT2D eigenvalue weighted by Crippen LogP contribution is 2.29. The van der Waals surface area contributed by atoms with Crippen molar-refractivity contribution < 1.29 is 8.78 Å². The molecule has 0 aliphatic heterocycles. The van der Waals surface area contributed by atoms with E-state index in [-0.39, 0.29) is 0 Å². The second-order valence-electron chi connectivity index (χ2n) is 3.43. The molecule has 0 amide bonds. The molecule has 0 fully saturated rings. The molecule has 6 heteroatoms. The van der Waals surface area contributed by atoms with Crippen LogP contribution in [0.5, 0.6) is 0 Å². The topological polar surface area (TPSA) is 17.3 Å². The van der Waals surface area contributed by atoms with Crippen LogP contribution in [-0.2, 0) is 0 Å². The molecular formula is C11H5F2IN2S. The molecule has 3 aromatic rings. The SMILES string of the molecule is Fc1ccc(-c2nc3sccn3c2I)c(F)c1. The number of benzene rings is 1. The molecule has 2 aromatic heterocycles. The third-order valence-corrected chi connectivity index (χ3v) is 4.18. The zero-order valence-electron chi connectivity index (χ0n) is 8.32. The van der Waals surface area contributed by atoms with E-state index in [0.717, 1.165) is 14.7 Å². The summed E-state index contributed by atoms with van der Waals surface area (Å²) < 4.78 is 29.2. The highest BCUT2D eigenvalue weighted by molar-refractivity contribution is 14.1. The maximum absolute atomic E-state index is 13.7. The number of thiazole rings is 1. The van der Waals surface area contributed by atoms with Gasteiger partial charge in [0.2, 0.25) is 0 Å². The number of hydrogen-bond acceptors (Lipinski definition) is 2. The Morgan fingerprint density at radius 3 is 2.82 bits per heavy atom. The summed E-state index contributed by atoms with van der Waals surface area (Å²) in [6, 6.07) is 3.53. The molecule has 2 nitrogen and oxygen atoms in total. The van der Waals surface area contributed by atoms with Crippen LogP contribution in [0.15, 0.2) is 29.8 Å². The summed E-state index contributed by atoms with van der Waals surface area (Å²) >= 11 is 3.58. The van der Waals surface area contributed by atoms with Gasteiger partial charge in [-0.25, -0.2) is 13.8 Å². The molecule has 1 aromatic carbocycles. The van der Waals surface area contributed by atoms with Crippen molar-refractivity contribution in [2.45, 2.75) is 0 Å². The van der Waals surface area contributed by atoms with Gasteiger partial charge in [0.1, 0.15) is 21.0 Å². The quantitative estimate of drug-likeness (QED) is 0.600. The van der Waals surface area contributed by atoms with E-state index < -0.39 is 11.6 Å². The van der Waals surface area contributed by atoms with Crippen molar-refractivity contribution in [2.24, 2.45) is 0 Å². The van der Waals surface area contributed by atoms with E-state index in [1.54, 1.807) is 0 Å². The van der Waals surface area contributed by atoms with Crippen LogP contribution >= 0.6 is 33.9 Å². The Morgan fingerprint density at radius 1 is 1.29 bits per heavy atom.